The topological polar surface area (TPSA) is 190 Å². The van der Waals surface area contributed by atoms with Crippen LogP contribution in [0.2, 0.25) is 0 Å². The lowest BCUT2D eigenvalue weighted by Crippen LogP contribution is -2.44. The van der Waals surface area contributed by atoms with Crippen molar-refractivity contribution in [2.24, 2.45) is 0 Å². The zero-order chi connectivity index (χ0) is 25.4. The molecule has 0 unspecified atom stereocenters. The summed E-state index contributed by atoms with van der Waals surface area (Å²) >= 11 is 0. The molecule has 188 valence electrons. The minimum absolute atomic E-state index is 0.0771. The first-order valence-corrected chi connectivity index (χ1v) is 13.4. The van der Waals surface area contributed by atoms with E-state index in [-0.39, 0.29) is 16.6 Å². The van der Waals surface area contributed by atoms with Crippen LogP contribution < -0.4 is 15.1 Å². The third kappa shape index (κ3) is 5.84. The Bertz CT molecular complexity index is 1230. The standard InChI is InChI=1S/C18H24FN3O10P2/c1-20-4-6-21(7-5-20)14-9-13-11(8-12(14)19)17(23)15(32-18(24)25)10-22(13)3-2-16(33(26,27)28)34(29,30)31/h8-10,16H,2-7H2,1H3,(H,24,25)(H2,26,27,28)(H2,29,30,31). The molecule has 16 heteroatoms. The first-order valence-electron chi connectivity index (χ1n) is 10.00. The number of pyridine rings is 1. The van der Waals surface area contributed by atoms with E-state index in [0.717, 1.165) is 16.8 Å². The number of rotatable bonds is 7. The van der Waals surface area contributed by atoms with Crippen LogP contribution in [0.25, 0.3) is 10.9 Å². The number of aromatic nitrogens is 1. The van der Waals surface area contributed by atoms with Crippen LogP contribution in [0, 0.1) is 5.82 Å². The highest BCUT2D eigenvalue weighted by atomic mass is 31.2. The van der Waals surface area contributed by atoms with Crippen molar-refractivity contribution in [3.8, 4) is 5.75 Å². The Morgan fingerprint density at radius 3 is 2.24 bits per heavy atom. The quantitative estimate of drug-likeness (QED) is 0.256. The van der Waals surface area contributed by atoms with Crippen molar-refractivity contribution in [2.75, 3.05) is 38.1 Å². The highest BCUT2D eigenvalue weighted by molar-refractivity contribution is 7.70. The van der Waals surface area contributed by atoms with E-state index in [4.69, 9.17) is 5.11 Å². The molecular formula is C18H24FN3O10P2. The van der Waals surface area contributed by atoms with Gasteiger partial charge >= 0.3 is 21.3 Å². The van der Waals surface area contributed by atoms with E-state index in [1.54, 1.807) is 4.90 Å². The summed E-state index contributed by atoms with van der Waals surface area (Å²) in [5.41, 5.74) is -0.700. The zero-order valence-corrected chi connectivity index (χ0v) is 19.7. The molecule has 1 aromatic carbocycles. The van der Waals surface area contributed by atoms with Gasteiger partial charge in [-0.3, -0.25) is 13.9 Å². The van der Waals surface area contributed by atoms with E-state index in [1.165, 1.54) is 6.07 Å². The number of hydrogen-bond acceptors (Lipinski definition) is 7. The summed E-state index contributed by atoms with van der Waals surface area (Å²) in [6.07, 6.45) is -1.60. The average molecular weight is 523 g/mol. The molecule has 1 aromatic heterocycles. The fourth-order valence-corrected chi connectivity index (χ4v) is 6.27. The van der Waals surface area contributed by atoms with E-state index in [2.05, 4.69) is 4.74 Å². The molecule has 1 aliphatic heterocycles. The van der Waals surface area contributed by atoms with Crippen molar-refractivity contribution >= 4 is 37.9 Å². The lowest BCUT2D eigenvalue weighted by atomic mass is 10.1. The Kier molecular flexibility index (Phi) is 7.54. The van der Waals surface area contributed by atoms with E-state index in [0.29, 0.717) is 26.2 Å². The molecule has 34 heavy (non-hydrogen) atoms. The Balaban J connectivity index is 2.13. The lowest BCUT2D eigenvalue weighted by molar-refractivity contribution is 0.143. The van der Waals surface area contributed by atoms with Crippen LogP contribution in [-0.4, -0.2) is 78.9 Å². The number of anilines is 1. The summed E-state index contributed by atoms with van der Waals surface area (Å²) in [5, 5.41) is 6.33. The van der Waals surface area contributed by atoms with Gasteiger partial charge < -0.3 is 43.8 Å². The summed E-state index contributed by atoms with van der Waals surface area (Å²) in [4.78, 5) is 65.1. The molecule has 1 aliphatic rings. The van der Waals surface area contributed by atoms with Crippen molar-refractivity contribution in [1.82, 2.24) is 9.47 Å². The summed E-state index contributed by atoms with van der Waals surface area (Å²) in [5.74, 6) is -1.44. The van der Waals surface area contributed by atoms with Gasteiger partial charge in [-0.25, -0.2) is 9.18 Å². The molecule has 5 N–H and O–H groups in total. The molecule has 0 aliphatic carbocycles. The smallest absolute Gasteiger partial charge is 0.449 e. The minimum Gasteiger partial charge on any atom is -0.449 e. The fourth-order valence-electron chi connectivity index (χ4n) is 3.80. The van der Waals surface area contributed by atoms with E-state index in [1.807, 2.05) is 11.9 Å². The first kappa shape index (κ1) is 26.3. The zero-order valence-electron chi connectivity index (χ0n) is 17.9. The summed E-state index contributed by atoms with van der Waals surface area (Å²) in [6.45, 7) is 1.84. The molecule has 0 saturated carbocycles. The van der Waals surface area contributed by atoms with Crippen LogP contribution in [0.1, 0.15) is 6.42 Å². The normalized spacial score (nSPS) is 15.8. The molecule has 2 heterocycles. The number of carboxylic acid groups (broad SMARTS) is 1. The molecule has 1 fully saturated rings. The van der Waals surface area contributed by atoms with Gasteiger partial charge in [0.1, 0.15) is 5.82 Å². The second kappa shape index (κ2) is 9.74. The van der Waals surface area contributed by atoms with Crippen LogP contribution in [0.5, 0.6) is 5.75 Å². The van der Waals surface area contributed by atoms with Crippen LogP contribution in [0.15, 0.2) is 23.1 Å². The number of nitrogens with zero attached hydrogens (tertiary/aromatic N) is 3. The first-order chi connectivity index (χ1) is 15.7. The number of ether oxygens (including phenoxy) is 1. The predicted octanol–water partition coefficient (Wildman–Crippen LogP) is 1.02. The van der Waals surface area contributed by atoms with Gasteiger partial charge in [-0.2, -0.15) is 0 Å². The van der Waals surface area contributed by atoms with Gasteiger partial charge in [-0.15, -0.1) is 0 Å². The Morgan fingerprint density at radius 2 is 1.71 bits per heavy atom. The maximum atomic E-state index is 15.0. The minimum atomic E-state index is -5.22. The Labute approximate surface area is 192 Å². The highest BCUT2D eigenvalue weighted by Gasteiger charge is 2.42. The third-order valence-corrected chi connectivity index (χ3v) is 9.44. The Hall–Kier alpha value is -2.31. The molecule has 0 atom stereocenters. The van der Waals surface area contributed by atoms with Crippen LogP contribution in [-0.2, 0) is 15.7 Å². The fraction of sp³-hybridized carbons (Fsp3) is 0.444. The van der Waals surface area contributed by atoms with Crippen molar-refractivity contribution in [3.63, 3.8) is 0 Å². The molecule has 1 saturated heterocycles. The van der Waals surface area contributed by atoms with Gasteiger partial charge in [0.25, 0.3) is 0 Å². The van der Waals surface area contributed by atoms with Gasteiger partial charge in [0, 0.05) is 32.7 Å². The predicted molar refractivity (Wildman–Crippen MR) is 119 cm³/mol. The van der Waals surface area contributed by atoms with E-state index < -0.39 is 56.7 Å². The van der Waals surface area contributed by atoms with Crippen molar-refractivity contribution in [3.05, 3.63) is 34.4 Å². The summed E-state index contributed by atoms with van der Waals surface area (Å²) in [7, 11) is -8.53. The van der Waals surface area contributed by atoms with Crippen LogP contribution in [0.3, 0.4) is 0 Å². The van der Waals surface area contributed by atoms with Crippen LogP contribution >= 0.6 is 15.2 Å². The molecule has 0 radical (unpaired) electrons. The molecule has 0 spiro atoms. The SMILES string of the molecule is CN1CCN(c2cc3c(cc2F)c(=O)c(OC(=O)O)cn3CCC(P(=O)(O)O)P(=O)(O)O)CC1. The summed E-state index contributed by atoms with van der Waals surface area (Å²) in [6, 6.07) is 2.26. The second-order valence-corrected chi connectivity index (χ2v) is 12.0. The molecular weight excluding hydrogens is 499 g/mol. The van der Waals surface area contributed by atoms with Gasteiger partial charge in [-0.05, 0) is 25.6 Å². The monoisotopic (exact) mass is 523 g/mol. The number of benzene rings is 1. The van der Waals surface area contributed by atoms with Crippen molar-refractivity contribution in [1.29, 1.82) is 0 Å². The third-order valence-electron chi connectivity index (χ3n) is 5.56. The average Bonchev–Trinajstić information content (AvgIpc) is 2.69. The van der Waals surface area contributed by atoms with Gasteiger partial charge in [0.2, 0.25) is 5.43 Å². The van der Waals surface area contributed by atoms with Gasteiger partial charge in [0.05, 0.1) is 22.8 Å². The Morgan fingerprint density at radius 1 is 1.12 bits per heavy atom. The lowest BCUT2D eigenvalue weighted by Gasteiger charge is -2.34. The number of likely N-dealkylation sites (N-methyl/N-ethyl adjacent to an activating group) is 1. The highest BCUT2D eigenvalue weighted by Crippen LogP contribution is 2.61. The van der Waals surface area contributed by atoms with Crippen molar-refractivity contribution in [2.45, 2.75) is 18.4 Å². The van der Waals surface area contributed by atoms with Gasteiger partial charge in [-0.1, -0.05) is 0 Å². The maximum Gasteiger partial charge on any atom is 0.511 e. The second-order valence-electron chi connectivity index (χ2n) is 7.94. The van der Waals surface area contributed by atoms with E-state index in [9.17, 15) is 42.7 Å². The molecule has 0 amide bonds. The largest absolute Gasteiger partial charge is 0.511 e. The number of halogens is 1. The van der Waals surface area contributed by atoms with Crippen molar-refractivity contribution < 1.29 is 47.7 Å². The summed E-state index contributed by atoms with van der Waals surface area (Å²) < 4.78 is 43.9. The molecule has 2 aromatic rings. The van der Waals surface area contributed by atoms with E-state index >= 15 is 0 Å². The molecule has 13 nitrogen and oxygen atoms in total. The number of aryl methyl sites for hydroxylation is 1. The molecule has 0 bridgehead atoms. The maximum absolute atomic E-state index is 15.0. The number of piperazine rings is 1. The van der Waals surface area contributed by atoms with Crippen LogP contribution in [0.4, 0.5) is 14.9 Å². The van der Waals surface area contributed by atoms with Gasteiger partial charge in [0.15, 0.2) is 11.1 Å². The number of hydrogen-bond donors (Lipinski definition) is 5. The molecule has 3 rings (SSSR count). The number of fused-ring (bicyclic) bond motifs is 1. The number of carbonyl (C=O) groups is 1.